The van der Waals surface area contributed by atoms with Gasteiger partial charge in [0.2, 0.25) is 0 Å². The van der Waals surface area contributed by atoms with E-state index in [2.05, 4.69) is 15.3 Å². The molecule has 0 saturated carbocycles. The monoisotopic (exact) mass is 269 g/mol. The van der Waals surface area contributed by atoms with E-state index in [0.717, 1.165) is 16.8 Å². The maximum Gasteiger partial charge on any atom is 0.258 e. The van der Waals surface area contributed by atoms with Crippen molar-refractivity contribution in [3.63, 3.8) is 0 Å². The first-order valence-corrected chi connectivity index (χ1v) is 6.45. The Hall–Kier alpha value is -2.40. The fraction of sp³-hybridized carbons (Fsp3) is 0.200. The van der Waals surface area contributed by atoms with E-state index < -0.39 is 0 Å². The minimum atomic E-state index is -0.103. The summed E-state index contributed by atoms with van der Waals surface area (Å²) in [6, 6.07) is 9.34. The first-order valence-electron chi connectivity index (χ1n) is 6.45. The summed E-state index contributed by atoms with van der Waals surface area (Å²) in [7, 11) is 0. The normalized spacial score (nSPS) is 11.1. The van der Waals surface area contributed by atoms with Crippen LogP contribution in [-0.2, 0) is 13.1 Å². The molecule has 102 valence electrons. The van der Waals surface area contributed by atoms with Crippen LogP contribution in [-0.4, -0.2) is 9.97 Å². The van der Waals surface area contributed by atoms with Gasteiger partial charge < -0.3 is 14.7 Å². The standard InChI is InChI=1S/C15H15N3O2/c1-10-4-2-6-12-14(10)17-13(18-15(12)19)9-16-8-11-5-3-7-20-11/h2-7,16H,8-9H2,1H3,(H,17,18,19). The average Bonchev–Trinajstić information content (AvgIpc) is 2.93. The Morgan fingerprint density at radius 1 is 1.25 bits per heavy atom. The number of aromatic nitrogens is 2. The van der Waals surface area contributed by atoms with Crippen LogP contribution in [0.2, 0.25) is 0 Å². The molecule has 20 heavy (non-hydrogen) atoms. The van der Waals surface area contributed by atoms with Gasteiger partial charge in [-0.2, -0.15) is 0 Å². The molecule has 0 aliphatic heterocycles. The highest BCUT2D eigenvalue weighted by molar-refractivity contribution is 5.80. The number of H-pyrrole nitrogens is 1. The molecule has 0 amide bonds. The molecule has 0 saturated heterocycles. The largest absolute Gasteiger partial charge is 0.468 e. The van der Waals surface area contributed by atoms with Gasteiger partial charge in [0.15, 0.2) is 0 Å². The molecule has 5 heteroatoms. The van der Waals surface area contributed by atoms with E-state index >= 15 is 0 Å². The molecule has 0 radical (unpaired) electrons. The molecule has 5 nitrogen and oxygen atoms in total. The molecule has 0 fully saturated rings. The van der Waals surface area contributed by atoms with Crippen LogP contribution in [0.5, 0.6) is 0 Å². The van der Waals surface area contributed by atoms with Crippen LogP contribution in [0.4, 0.5) is 0 Å². The topological polar surface area (TPSA) is 70.9 Å². The molecule has 1 aromatic carbocycles. The lowest BCUT2D eigenvalue weighted by Crippen LogP contribution is -2.19. The smallest absolute Gasteiger partial charge is 0.258 e. The van der Waals surface area contributed by atoms with Crippen LogP contribution in [0.15, 0.2) is 45.8 Å². The Bertz CT molecular complexity index is 775. The van der Waals surface area contributed by atoms with Crippen molar-refractivity contribution in [3.05, 3.63) is 64.1 Å². The van der Waals surface area contributed by atoms with Crippen molar-refractivity contribution >= 4 is 10.9 Å². The highest BCUT2D eigenvalue weighted by atomic mass is 16.3. The predicted octanol–water partition coefficient (Wildman–Crippen LogP) is 2.11. The number of para-hydroxylation sites is 1. The van der Waals surface area contributed by atoms with Gasteiger partial charge in [0.05, 0.1) is 30.3 Å². The van der Waals surface area contributed by atoms with Crippen molar-refractivity contribution in [2.24, 2.45) is 0 Å². The van der Waals surface area contributed by atoms with Gasteiger partial charge in [-0.25, -0.2) is 4.98 Å². The predicted molar refractivity (Wildman–Crippen MR) is 76.4 cm³/mol. The maximum absolute atomic E-state index is 12.0. The second-order valence-corrected chi connectivity index (χ2v) is 4.67. The third-order valence-electron chi connectivity index (χ3n) is 3.16. The van der Waals surface area contributed by atoms with Crippen molar-refractivity contribution in [2.45, 2.75) is 20.0 Å². The number of hydrogen-bond donors (Lipinski definition) is 2. The number of aromatic amines is 1. The van der Waals surface area contributed by atoms with E-state index in [1.54, 1.807) is 12.3 Å². The summed E-state index contributed by atoms with van der Waals surface area (Å²) in [5.41, 5.74) is 1.65. The van der Waals surface area contributed by atoms with Crippen molar-refractivity contribution in [1.82, 2.24) is 15.3 Å². The van der Waals surface area contributed by atoms with E-state index in [-0.39, 0.29) is 5.56 Å². The third kappa shape index (κ3) is 2.48. The van der Waals surface area contributed by atoms with Crippen molar-refractivity contribution in [2.75, 3.05) is 0 Å². The Morgan fingerprint density at radius 3 is 2.95 bits per heavy atom. The quantitative estimate of drug-likeness (QED) is 0.761. The minimum absolute atomic E-state index is 0.103. The fourth-order valence-corrected chi connectivity index (χ4v) is 2.15. The molecule has 2 heterocycles. The molecule has 3 rings (SSSR count). The van der Waals surface area contributed by atoms with Gasteiger partial charge in [0.1, 0.15) is 11.6 Å². The van der Waals surface area contributed by atoms with Crippen LogP contribution in [0.25, 0.3) is 10.9 Å². The van der Waals surface area contributed by atoms with Gasteiger partial charge in [0, 0.05) is 0 Å². The fourth-order valence-electron chi connectivity index (χ4n) is 2.15. The highest BCUT2D eigenvalue weighted by Gasteiger charge is 2.05. The number of fused-ring (bicyclic) bond motifs is 1. The Morgan fingerprint density at radius 2 is 2.15 bits per heavy atom. The zero-order chi connectivity index (χ0) is 13.9. The van der Waals surface area contributed by atoms with E-state index in [4.69, 9.17) is 4.42 Å². The lowest BCUT2D eigenvalue weighted by molar-refractivity contribution is 0.480. The molecule has 0 spiro atoms. The lowest BCUT2D eigenvalue weighted by atomic mass is 10.1. The second-order valence-electron chi connectivity index (χ2n) is 4.67. The van der Waals surface area contributed by atoms with Gasteiger partial charge in [-0.3, -0.25) is 4.79 Å². The second kappa shape index (κ2) is 5.30. The molecule has 0 bridgehead atoms. The number of nitrogens with one attached hydrogen (secondary N) is 2. The average molecular weight is 269 g/mol. The van der Waals surface area contributed by atoms with Crippen molar-refractivity contribution in [3.8, 4) is 0 Å². The summed E-state index contributed by atoms with van der Waals surface area (Å²) in [4.78, 5) is 19.3. The van der Waals surface area contributed by atoms with Crippen molar-refractivity contribution < 1.29 is 4.42 Å². The summed E-state index contributed by atoms with van der Waals surface area (Å²) in [5.74, 6) is 1.48. The number of rotatable bonds is 4. The SMILES string of the molecule is Cc1cccc2c(=O)[nH]c(CNCc3ccco3)nc12. The van der Waals surface area contributed by atoms with Gasteiger partial charge in [0.25, 0.3) is 5.56 Å². The first-order chi connectivity index (χ1) is 9.74. The molecular formula is C15H15N3O2. The summed E-state index contributed by atoms with van der Waals surface area (Å²) in [6.45, 7) is 3.04. The summed E-state index contributed by atoms with van der Waals surface area (Å²) in [6.07, 6.45) is 1.64. The van der Waals surface area contributed by atoms with Gasteiger partial charge >= 0.3 is 0 Å². The molecule has 0 aliphatic carbocycles. The van der Waals surface area contributed by atoms with Crippen LogP contribution in [0.1, 0.15) is 17.1 Å². The number of benzene rings is 1. The minimum Gasteiger partial charge on any atom is -0.468 e. The molecule has 0 unspecified atom stereocenters. The molecule has 2 N–H and O–H groups in total. The summed E-state index contributed by atoms with van der Waals surface area (Å²) >= 11 is 0. The number of aryl methyl sites for hydroxylation is 1. The zero-order valence-corrected chi connectivity index (χ0v) is 11.1. The van der Waals surface area contributed by atoms with Crippen LogP contribution in [0, 0.1) is 6.92 Å². The molecular weight excluding hydrogens is 254 g/mol. The zero-order valence-electron chi connectivity index (χ0n) is 11.1. The Kier molecular flexibility index (Phi) is 3.35. The molecule has 0 atom stereocenters. The number of furan rings is 1. The molecule has 0 aliphatic rings. The molecule has 3 aromatic rings. The van der Waals surface area contributed by atoms with E-state index in [1.165, 1.54) is 0 Å². The Balaban J connectivity index is 1.82. The third-order valence-corrected chi connectivity index (χ3v) is 3.16. The van der Waals surface area contributed by atoms with Crippen LogP contribution in [0.3, 0.4) is 0 Å². The van der Waals surface area contributed by atoms with Gasteiger partial charge in [-0.15, -0.1) is 0 Å². The first kappa shape index (κ1) is 12.6. The van der Waals surface area contributed by atoms with Crippen molar-refractivity contribution in [1.29, 1.82) is 0 Å². The Labute approximate surface area is 115 Å². The van der Waals surface area contributed by atoms with Crippen LogP contribution < -0.4 is 10.9 Å². The number of hydrogen-bond acceptors (Lipinski definition) is 4. The summed E-state index contributed by atoms with van der Waals surface area (Å²) in [5, 5.41) is 3.81. The number of nitrogens with zero attached hydrogens (tertiary/aromatic N) is 1. The van der Waals surface area contributed by atoms with Gasteiger partial charge in [-0.1, -0.05) is 12.1 Å². The van der Waals surface area contributed by atoms with E-state index in [0.29, 0.717) is 24.3 Å². The van der Waals surface area contributed by atoms with E-state index in [9.17, 15) is 4.79 Å². The van der Waals surface area contributed by atoms with Crippen LogP contribution >= 0.6 is 0 Å². The van der Waals surface area contributed by atoms with Gasteiger partial charge in [-0.05, 0) is 30.7 Å². The highest BCUT2D eigenvalue weighted by Crippen LogP contribution is 2.11. The lowest BCUT2D eigenvalue weighted by Gasteiger charge is -2.05. The maximum atomic E-state index is 12.0. The summed E-state index contributed by atoms with van der Waals surface area (Å²) < 4.78 is 5.23. The van der Waals surface area contributed by atoms with E-state index in [1.807, 2.05) is 31.2 Å². The molecule has 2 aromatic heterocycles.